The quantitative estimate of drug-likeness (QED) is 0.773. The van der Waals surface area contributed by atoms with Gasteiger partial charge in [0, 0.05) is 0 Å². The van der Waals surface area contributed by atoms with E-state index < -0.39 is 0 Å². The SMILES string of the molecule is CCCOC(=O)c1c(OC)ccc2ccccc12. The summed E-state index contributed by atoms with van der Waals surface area (Å²) in [6, 6.07) is 11.4. The largest absolute Gasteiger partial charge is 0.496 e. The van der Waals surface area contributed by atoms with E-state index in [0.29, 0.717) is 17.9 Å². The van der Waals surface area contributed by atoms with E-state index in [2.05, 4.69) is 0 Å². The number of benzene rings is 2. The first kappa shape index (κ1) is 12.4. The molecule has 0 amide bonds. The van der Waals surface area contributed by atoms with Crippen LogP contribution in [0.4, 0.5) is 0 Å². The summed E-state index contributed by atoms with van der Waals surface area (Å²) in [7, 11) is 1.56. The molecule has 0 aliphatic rings. The highest BCUT2D eigenvalue weighted by atomic mass is 16.5. The van der Waals surface area contributed by atoms with Crippen molar-refractivity contribution in [2.45, 2.75) is 13.3 Å². The molecular formula is C15H16O3. The molecule has 3 heteroatoms. The van der Waals surface area contributed by atoms with Crippen LogP contribution in [-0.2, 0) is 4.74 Å². The van der Waals surface area contributed by atoms with Crippen molar-refractivity contribution >= 4 is 16.7 Å². The van der Waals surface area contributed by atoms with Crippen molar-refractivity contribution in [2.75, 3.05) is 13.7 Å². The smallest absolute Gasteiger partial charge is 0.342 e. The molecule has 0 aliphatic heterocycles. The summed E-state index contributed by atoms with van der Waals surface area (Å²) in [5.41, 5.74) is 0.504. The molecule has 0 saturated heterocycles. The molecule has 3 nitrogen and oxygen atoms in total. The van der Waals surface area contributed by atoms with Gasteiger partial charge in [-0.3, -0.25) is 0 Å². The van der Waals surface area contributed by atoms with Gasteiger partial charge in [0.1, 0.15) is 11.3 Å². The van der Waals surface area contributed by atoms with Crippen molar-refractivity contribution in [3.63, 3.8) is 0 Å². The molecule has 0 spiro atoms. The monoisotopic (exact) mass is 244 g/mol. The molecule has 0 bridgehead atoms. The summed E-state index contributed by atoms with van der Waals surface area (Å²) in [6.07, 6.45) is 0.804. The number of carbonyl (C=O) groups excluding carboxylic acids is 1. The summed E-state index contributed by atoms with van der Waals surface area (Å²) in [5.74, 6) is 0.223. The molecule has 94 valence electrons. The van der Waals surface area contributed by atoms with E-state index in [4.69, 9.17) is 9.47 Å². The number of hydrogen-bond acceptors (Lipinski definition) is 3. The van der Waals surface area contributed by atoms with E-state index in [1.807, 2.05) is 37.3 Å². The summed E-state index contributed by atoms with van der Waals surface area (Å²) in [4.78, 5) is 12.1. The van der Waals surface area contributed by atoms with Crippen LogP contribution in [0.1, 0.15) is 23.7 Å². The van der Waals surface area contributed by atoms with Crippen LogP contribution in [0.25, 0.3) is 10.8 Å². The molecule has 0 saturated carbocycles. The van der Waals surface area contributed by atoms with Crippen LogP contribution < -0.4 is 4.74 Å². The molecule has 0 heterocycles. The maximum Gasteiger partial charge on any atom is 0.342 e. The van der Waals surface area contributed by atoms with Crippen LogP contribution >= 0.6 is 0 Å². The van der Waals surface area contributed by atoms with Crippen LogP contribution in [0, 0.1) is 0 Å². The predicted octanol–water partition coefficient (Wildman–Crippen LogP) is 3.42. The lowest BCUT2D eigenvalue weighted by Crippen LogP contribution is -2.08. The van der Waals surface area contributed by atoms with Gasteiger partial charge in [0.05, 0.1) is 13.7 Å². The van der Waals surface area contributed by atoms with Crippen LogP contribution in [0.15, 0.2) is 36.4 Å². The van der Waals surface area contributed by atoms with Gasteiger partial charge in [-0.15, -0.1) is 0 Å². The average molecular weight is 244 g/mol. The molecule has 2 rings (SSSR count). The van der Waals surface area contributed by atoms with Crippen molar-refractivity contribution in [1.82, 2.24) is 0 Å². The first-order chi connectivity index (χ1) is 8.77. The zero-order valence-electron chi connectivity index (χ0n) is 10.6. The Kier molecular flexibility index (Phi) is 3.82. The fourth-order valence-electron chi connectivity index (χ4n) is 1.90. The van der Waals surface area contributed by atoms with Gasteiger partial charge in [-0.05, 0) is 23.3 Å². The molecule has 18 heavy (non-hydrogen) atoms. The maximum atomic E-state index is 12.1. The van der Waals surface area contributed by atoms with Crippen molar-refractivity contribution < 1.29 is 14.3 Å². The Morgan fingerprint density at radius 2 is 1.94 bits per heavy atom. The Balaban J connectivity index is 2.54. The topological polar surface area (TPSA) is 35.5 Å². The fraction of sp³-hybridized carbons (Fsp3) is 0.267. The van der Waals surface area contributed by atoms with Gasteiger partial charge in [0.25, 0.3) is 0 Å². The van der Waals surface area contributed by atoms with Crippen LogP contribution in [-0.4, -0.2) is 19.7 Å². The number of carbonyl (C=O) groups is 1. The third kappa shape index (κ3) is 2.30. The fourth-order valence-corrected chi connectivity index (χ4v) is 1.90. The lowest BCUT2D eigenvalue weighted by Gasteiger charge is -2.11. The Morgan fingerprint density at radius 1 is 1.17 bits per heavy atom. The van der Waals surface area contributed by atoms with E-state index in [9.17, 15) is 4.79 Å². The maximum absolute atomic E-state index is 12.1. The molecule has 0 atom stereocenters. The second kappa shape index (κ2) is 5.54. The summed E-state index contributed by atoms with van der Waals surface area (Å²) >= 11 is 0. The standard InChI is InChI=1S/C15H16O3/c1-3-10-18-15(16)14-12-7-5-4-6-11(12)8-9-13(14)17-2/h4-9H,3,10H2,1-2H3. The van der Waals surface area contributed by atoms with Crippen LogP contribution in [0.5, 0.6) is 5.75 Å². The minimum absolute atomic E-state index is 0.328. The summed E-state index contributed by atoms with van der Waals surface area (Å²) in [5, 5.41) is 1.86. The number of fused-ring (bicyclic) bond motifs is 1. The van der Waals surface area contributed by atoms with E-state index >= 15 is 0 Å². The number of ether oxygens (including phenoxy) is 2. The second-order valence-corrected chi connectivity index (χ2v) is 4.00. The Morgan fingerprint density at radius 3 is 2.67 bits per heavy atom. The van der Waals surface area contributed by atoms with Gasteiger partial charge in [-0.1, -0.05) is 37.3 Å². The molecule has 0 aliphatic carbocycles. The van der Waals surface area contributed by atoms with Gasteiger partial charge in [0.15, 0.2) is 0 Å². The molecule has 0 unspecified atom stereocenters. The summed E-state index contributed by atoms with van der Waals surface area (Å²) < 4.78 is 10.5. The van der Waals surface area contributed by atoms with Crippen LogP contribution in [0.3, 0.4) is 0 Å². The molecule has 2 aromatic carbocycles. The van der Waals surface area contributed by atoms with Gasteiger partial charge in [-0.25, -0.2) is 4.79 Å². The lowest BCUT2D eigenvalue weighted by molar-refractivity contribution is 0.0504. The second-order valence-electron chi connectivity index (χ2n) is 4.00. The van der Waals surface area contributed by atoms with E-state index in [0.717, 1.165) is 17.2 Å². The highest BCUT2D eigenvalue weighted by Gasteiger charge is 2.17. The van der Waals surface area contributed by atoms with Crippen LogP contribution in [0.2, 0.25) is 0 Å². The number of hydrogen-bond donors (Lipinski definition) is 0. The van der Waals surface area contributed by atoms with Gasteiger partial charge >= 0.3 is 5.97 Å². The number of rotatable bonds is 4. The molecule has 0 fully saturated rings. The Bertz CT molecular complexity index is 561. The van der Waals surface area contributed by atoms with Crippen molar-refractivity contribution in [3.05, 3.63) is 42.0 Å². The molecule has 0 aromatic heterocycles. The molecule has 2 aromatic rings. The van der Waals surface area contributed by atoms with Crippen molar-refractivity contribution in [1.29, 1.82) is 0 Å². The third-order valence-electron chi connectivity index (χ3n) is 2.75. The zero-order valence-corrected chi connectivity index (χ0v) is 10.6. The van der Waals surface area contributed by atoms with E-state index in [1.165, 1.54) is 0 Å². The molecule has 0 radical (unpaired) electrons. The number of esters is 1. The van der Waals surface area contributed by atoms with Gasteiger partial charge < -0.3 is 9.47 Å². The highest BCUT2D eigenvalue weighted by Crippen LogP contribution is 2.28. The Hall–Kier alpha value is -2.03. The summed E-state index contributed by atoms with van der Waals surface area (Å²) in [6.45, 7) is 2.39. The Labute approximate surface area is 106 Å². The predicted molar refractivity (Wildman–Crippen MR) is 71.1 cm³/mol. The van der Waals surface area contributed by atoms with Crippen molar-refractivity contribution in [2.24, 2.45) is 0 Å². The van der Waals surface area contributed by atoms with E-state index in [1.54, 1.807) is 13.2 Å². The van der Waals surface area contributed by atoms with Gasteiger partial charge in [0.2, 0.25) is 0 Å². The highest BCUT2D eigenvalue weighted by molar-refractivity contribution is 6.07. The normalized spacial score (nSPS) is 10.3. The average Bonchev–Trinajstić information content (AvgIpc) is 2.43. The van der Waals surface area contributed by atoms with Crippen molar-refractivity contribution in [3.8, 4) is 5.75 Å². The first-order valence-electron chi connectivity index (χ1n) is 6.00. The van der Waals surface area contributed by atoms with E-state index in [-0.39, 0.29) is 5.97 Å². The van der Waals surface area contributed by atoms with Gasteiger partial charge in [-0.2, -0.15) is 0 Å². The number of methoxy groups -OCH3 is 1. The first-order valence-corrected chi connectivity index (χ1v) is 6.00. The zero-order chi connectivity index (χ0) is 13.0. The minimum Gasteiger partial charge on any atom is -0.496 e. The minimum atomic E-state index is -0.328. The molecule has 0 N–H and O–H groups in total. The molecular weight excluding hydrogens is 228 g/mol. The lowest BCUT2D eigenvalue weighted by atomic mass is 10.0. The third-order valence-corrected chi connectivity index (χ3v) is 2.75.